The second kappa shape index (κ2) is 5.51. The molecule has 0 spiro atoms. The highest BCUT2D eigenvalue weighted by atomic mass is 16.7. The van der Waals surface area contributed by atoms with E-state index in [-0.39, 0.29) is 25.0 Å². The molecule has 0 bridgehead atoms. The molecule has 0 saturated carbocycles. The molecule has 0 amide bonds. The molecule has 76 valence electrons. The van der Waals surface area contributed by atoms with Crippen LogP contribution in [0.25, 0.3) is 10.4 Å². The van der Waals surface area contributed by atoms with Crippen molar-refractivity contribution in [2.24, 2.45) is 5.11 Å². The summed E-state index contributed by atoms with van der Waals surface area (Å²) in [7, 11) is 0. The van der Waals surface area contributed by atoms with E-state index in [1.165, 1.54) is 0 Å². The molecule has 0 aromatic carbocycles. The minimum absolute atomic E-state index is 0.0920. The van der Waals surface area contributed by atoms with Crippen molar-refractivity contribution in [3.8, 4) is 12.3 Å². The quantitative estimate of drug-likeness (QED) is 0.298. The van der Waals surface area contributed by atoms with Gasteiger partial charge in [-0.15, -0.1) is 6.42 Å². The van der Waals surface area contributed by atoms with Crippen LogP contribution in [0.5, 0.6) is 0 Å². The third-order valence-electron chi connectivity index (χ3n) is 2.16. The van der Waals surface area contributed by atoms with E-state index in [9.17, 15) is 0 Å². The molecule has 1 heterocycles. The van der Waals surface area contributed by atoms with Crippen LogP contribution in [0.1, 0.15) is 19.8 Å². The van der Waals surface area contributed by atoms with Gasteiger partial charge in [0.2, 0.25) is 0 Å². The van der Waals surface area contributed by atoms with Crippen molar-refractivity contribution in [3.05, 3.63) is 10.4 Å². The Morgan fingerprint density at radius 3 is 3.07 bits per heavy atom. The van der Waals surface area contributed by atoms with Crippen molar-refractivity contribution in [3.63, 3.8) is 0 Å². The largest absolute Gasteiger partial charge is 0.349 e. The fourth-order valence-corrected chi connectivity index (χ4v) is 1.42. The average Bonchev–Trinajstić information content (AvgIpc) is 2.19. The van der Waals surface area contributed by atoms with Crippen LogP contribution in [0.2, 0.25) is 0 Å². The zero-order chi connectivity index (χ0) is 10.4. The molecule has 5 nitrogen and oxygen atoms in total. The van der Waals surface area contributed by atoms with Gasteiger partial charge in [0.25, 0.3) is 0 Å². The minimum Gasteiger partial charge on any atom is -0.349 e. The Morgan fingerprint density at radius 1 is 1.71 bits per heavy atom. The number of ether oxygens (including phenoxy) is 2. The highest BCUT2D eigenvalue weighted by molar-refractivity contribution is 4.84. The third kappa shape index (κ3) is 2.93. The lowest BCUT2D eigenvalue weighted by Gasteiger charge is -2.31. The Balaban J connectivity index is 2.39. The molecule has 1 saturated heterocycles. The molecule has 1 aliphatic rings. The van der Waals surface area contributed by atoms with Gasteiger partial charge in [0.05, 0.1) is 12.1 Å². The van der Waals surface area contributed by atoms with Crippen molar-refractivity contribution in [2.45, 2.75) is 38.2 Å². The van der Waals surface area contributed by atoms with Crippen molar-refractivity contribution >= 4 is 0 Å². The van der Waals surface area contributed by atoms with Crippen LogP contribution < -0.4 is 0 Å². The van der Waals surface area contributed by atoms with Crippen LogP contribution in [0.4, 0.5) is 0 Å². The summed E-state index contributed by atoms with van der Waals surface area (Å²) >= 11 is 0. The molecule has 0 radical (unpaired) electrons. The van der Waals surface area contributed by atoms with E-state index in [1.807, 2.05) is 6.92 Å². The SMILES string of the molecule is C#CCO[C@H]1CC[C@H](N=[N+]=[N-])[C@H](C)O1. The highest BCUT2D eigenvalue weighted by Gasteiger charge is 2.27. The van der Waals surface area contributed by atoms with Crippen molar-refractivity contribution in [2.75, 3.05) is 6.61 Å². The molecular formula is C9H13N3O2. The predicted octanol–water partition coefficient (Wildman–Crippen LogP) is 1.84. The Hall–Kier alpha value is -1.21. The fourth-order valence-electron chi connectivity index (χ4n) is 1.42. The first-order valence-electron chi connectivity index (χ1n) is 4.52. The summed E-state index contributed by atoms with van der Waals surface area (Å²) in [6, 6.07) is -0.0920. The minimum atomic E-state index is -0.258. The Bertz CT molecular complexity index is 268. The predicted molar refractivity (Wildman–Crippen MR) is 51.3 cm³/mol. The molecule has 5 heteroatoms. The van der Waals surface area contributed by atoms with Gasteiger partial charge >= 0.3 is 0 Å². The maximum absolute atomic E-state index is 8.29. The smallest absolute Gasteiger partial charge is 0.159 e. The van der Waals surface area contributed by atoms with Crippen molar-refractivity contribution < 1.29 is 9.47 Å². The van der Waals surface area contributed by atoms with Crippen LogP contribution >= 0.6 is 0 Å². The molecule has 3 atom stereocenters. The first kappa shape index (κ1) is 10.9. The van der Waals surface area contributed by atoms with Gasteiger partial charge in [0, 0.05) is 4.91 Å². The normalized spacial score (nSPS) is 31.6. The molecule has 1 fully saturated rings. The standard InChI is InChI=1S/C9H13N3O2/c1-3-6-13-9-5-4-8(11-12-10)7(2)14-9/h1,7-9H,4-6H2,2H3/t7-,8-,9+/m0/s1. The average molecular weight is 195 g/mol. The van der Waals surface area contributed by atoms with Crippen LogP contribution in [-0.4, -0.2) is 25.0 Å². The lowest BCUT2D eigenvalue weighted by Crippen LogP contribution is -2.36. The van der Waals surface area contributed by atoms with Crippen molar-refractivity contribution in [1.82, 2.24) is 0 Å². The summed E-state index contributed by atoms with van der Waals surface area (Å²) in [4.78, 5) is 2.77. The van der Waals surface area contributed by atoms with Gasteiger partial charge in [-0.1, -0.05) is 11.0 Å². The van der Waals surface area contributed by atoms with Crippen LogP contribution in [0.15, 0.2) is 5.11 Å². The van der Waals surface area contributed by atoms with Crippen LogP contribution in [0, 0.1) is 12.3 Å². The van der Waals surface area contributed by atoms with E-state index in [4.69, 9.17) is 21.4 Å². The summed E-state index contributed by atoms with van der Waals surface area (Å²) in [5.74, 6) is 2.38. The number of nitrogens with zero attached hydrogens (tertiary/aromatic N) is 3. The molecule has 0 aliphatic carbocycles. The van der Waals surface area contributed by atoms with Crippen LogP contribution in [-0.2, 0) is 9.47 Å². The van der Waals surface area contributed by atoms with E-state index in [1.54, 1.807) is 0 Å². The summed E-state index contributed by atoms with van der Waals surface area (Å²) in [6.07, 6.45) is 6.19. The van der Waals surface area contributed by atoms with E-state index in [0.29, 0.717) is 0 Å². The Labute approximate surface area is 83.0 Å². The van der Waals surface area contributed by atoms with Gasteiger partial charge in [-0.2, -0.15) is 0 Å². The van der Waals surface area contributed by atoms with E-state index in [2.05, 4.69) is 15.9 Å². The summed E-state index contributed by atoms with van der Waals surface area (Å²) in [6.45, 7) is 2.12. The van der Waals surface area contributed by atoms with Gasteiger partial charge in [0.15, 0.2) is 6.29 Å². The van der Waals surface area contributed by atoms with E-state index < -0.39 is 0 Å². The lowest BCUT2D eigenvalue weighted by atomic mass is 10.0. The van der Waals surface area contributed by atoms with E-state index >= 15 is 0 Å². The molecule has 1 rings (SSSR count). The van der Waals surface area contributed by atoms with E-state index in [0.717, 1.165) is 12.8 Å². The molecule has 0 N–H and O–H groups in total. The highest BCUT2D eigenvalue weighted by Crippen LogP contribution is 2.22. The molecule has 1 aliphatic heterocycles. The third-order valence-corrected chi connectivity index (χ3v) is 2.16. The fraction of sp³-hybridized carbons (Fsp3) is 0.778. The van der Waals surface area contributed by atoms with Gasteiger partial charge in [-0.3, -0.25) is 0 Å². The zero-order valence-corrected chi connectivity index (χ0v) is 8.09. The topological polar surface area (TPSA) is 67.2 Å². The molecule has 0 aromatic rings. The van der Waals surface area contributed by atoms with Crippen molar-refractivity contribution in [1.29, 1.82) is 0 Å². The maximum Gasteiger partial charge on any atom is 0.159 e. The summed E-state index contributed by atoms with van der Waals surface area (Å²) < 4.78 is 10.7. The Morgan fingerprint density at radius 2 is 2.50 bits per heavy atom. The molecule has 0 aromatic heterocycles. The molecule has 0 unspecified atom stereocenters. The van der Waals surface area contributed by atoms with Crippen LogP contribution in [0.3, 0.4) is 0 Å². The second-order valence-electron chi connectivity index (χ2n) is 3.14. The molecular weight excluding hydrogens is 182 g/mol. The Kier molecular flexibility index (Phi) is 4.27. The monoisotopic (exact) mass is 195 g/mol. The number of hydrogen-bond donors (Lipinski definition) is 0. The van der Waals surface area contributed by atoms with Gasteiger partial charge in [-0.25, -0.2) is 0 Å². The second-order valence-corrected chi connectivity index (χ2v) is 3.14. The zero-order valence-electron chi connectivity index (χ0n) is 8.09. The van der Waals surface area contributed by atoms with Gasteiger partial charge < -0.3 is 9.47 Å². The number of rotatable bonds is 3. The maximum atomic E-state index is 8.29. The number of hydrogen-bond acceptors (Lipinski definition) is 3. The number of terminal acetylenes is 1. The molecule has 14 heavy (non-hydrogen) atoms. The first-order valence-corrected chi connectivity index (χ1v) is 4.52. The summed E-state index contributed by atoms with van der Waals surface area (Å²) in [5.41, 5.74) is 8.29. The lowest BCUT2D eigenvalue weighted by molar-refractivity contribution is -0.187. The summed E-state index contributed by atoms with van der Waals surface area (Å²) in [5, 5.41) is 3.64. The first-order chi connectivity index (χ1) is 6.77. The van der Waals surface area contributed by atoms with Gasteiger partial charge in [-0.05, 0) is 25.3 Å². The van der Waals surface area contributed by atoms with Gasteiger partial charge in [0.1, 0.15) is 6.61 Å². The number of azide groups is 1.